The minimum absolute atomic E-state index is 0.00563. The van der Waals surface area contributed by atoms with Crippen LogP contribution in [0.1, 0.15) is 48.9 Å². The standard InChI is InChI=1S/C23H27ClN4O2/c1-14-8-9-17(24)12-19(14)28-16(3)15(2)21-22(28)25-13-27(23(21)30)11-10-20(29)26-18-6-4-5-7-18/h8-9,12-13,18H,4-7,10-11H2,1-3H3,(H,26,29). The molecule has 1 aliphatic rings. The van der Waals surface area contributed by atoms with Crippen LogP contribution >= 0.6 is 11.6 Å². The van der Waals surface area contributed by atoms with Gasteiger partial charge in [0.15, 0.2) is 5.65 Å². The molecule has 1 aliphatic carbocycles. The average Bonchev–Trinajstić information content (AvgIpc) is 3.30. The third kappa shape index (κ3) is 3.76. The van der Waals surface area contributed by atoms with E-state index in [4.69, 9.17) is 11.6 Å². The van der Waals surface area contributed by atoms with Crippen molar-refractivity contribution in [1.29, 1.82) is 0 Å². The summed E-state index contributed by atoms with van der Waals surface area (Å²) in [5, 5.41) is 4.30. The van der Waals surface area contributed by atoms with E-state index in [9.17, 15) is 9.59 Å². The van der Waals surface area contributed by atoms with E-state index in [0.717, 1.165) is 35.3 Å². The SMILES string of the molecule is Cc1ccc(Cl)cc1-n1c(C)c(C)c2c(=O)n(CCC(=O)NC3CCCC3)cnc21. The first-order chi connectivity index (χ1) is 14.4. The molecule has 0 radical (unpaired) electrons. The van der Waals surface area contributed by atoms with Gasteiger partial charge in [0.25, 0.3) is 5.56 Å². The highest BCUT2D eigenvalue weighted by atomic mass is 35.5. The second-order valence-corrected chi connectivity index (χ2v) is 8.65. The molecule has 0 spiro atoms. The molecule has 0 unspecified atom stereocenters. The van der Waals surface area contributed by atoms with Crippen molar-refractivity contribution < 1.29 is 4.79 Å². The maximum Gasteiger partial charge on any atom is 0.263 e. The van der Waals surface area contributed by atoms with Gasteiger partial charge in [-0.3, -0.25) is 18.7 Å². The first-order valence-electron chi connectivity index (χ1n) is 10.5. The molecule has 0 aliphatic heterocycles. The van der Waals surface area contributed by atoms with Crippen LogP contribution in [0.15, 0.2) is 29.3 Å². The van der Waals surface area contributed by atoms with Gasteiger partial charge < -0.3 is 5.32 Å². The lowest BCUT2D eigenvalue weighted by Crippen LogP contribution is -2.34. The zero-order valence-electron chi connectivity index (χ0n) is 17.7. The summed E-state index contributed by atoms with van der Waals surface area (Å²) in [6.45, 7) is 6.25. The van der Waals surface area contributed by atoms with Crippen LogP contribution in [0.25, 0.3) is 16.7 Å². The number of rotatable bonds is 5. The van der Waals surface area contributed by atoms with E-state index in [-0.39, 0.29) is 23.9 Å². The van der Waals surface area contributed by atoms with Gasteiger partial charge in [-0.15, -0.1) is 0 Å². The van der Waals surface area contributed by atoms with Crippen molar-refractivity contribution in [2.24, 2.45) is 0 Å². The van der Waals surface area contributed by atoms with Crippen molar-refractivity contribution in [3.05, 3.63) is 56.7 Å². The molecule has 7 heteroatoms. The van der Waals surface area contributed by atoms with E-state index < -0.39 is 0 Å². The molecule has 1 aromatic carbocycles. The number of fused-ring (bicyclic) bond motifs is 1. The molecule has 0 saturated heterocycles. The Morgan fingerprint density at radius 2 is 1.97 bits per heavy atom. The summed E-state index contributed by atoms with van der Waals surface area (Å²) in [6.07, 6.45) is 6.26. The molecule has 0 bridgehead atoms. The van der Waals surface area contributed by atoms with E-state index in [1.165, 1.54) is 17.4 Å². The molecular formula is C23H27ClN4O2. The average molecular weight is 427 g/mol. The molecule has 158 valence electrons. The molecule has 1 saturated carbocycles. The number of halogens is 1. The minimum Gasteiger partial charge on any atom is -0.353 e. The summed E-state index contributed by atoms with van der Waals surface area (Å²) in [4.78, 5) is 30.1. The van der Waals surface area contributed by atoms with Gasteiger partial charge >= 0.3 is 0 Å². The second-order valence-electron chi connectivity index (χ2n) is 8.22. The third-order valence-electron chi connectivity index (χ3n) is 6.19. The van der Waals surface area contributed by atoms with Crippen LogP contribution in [-0.4, -0.2) is 26.1 Å². The first-order valence-corrected chi connectivity index (χ1v) is 10.9. The lowest BCUT2D eigenvalue weighted by atomic mass is 10.2. The second kappa shape index (κ2) is 8.26. The lowest BCUT2D eigenvalue weighted by molar-refractivity contribution is -0.122. The van der Waals surface area contributed by atoms with E-state index >= 15 is 0 Å². The highest BCUT2D eigenvalue weighted by molar-refractivity contribution is 6.30. The Balaban J connectivity index is 1.66. The Morgan fingerprint density at radius 1 is 1.23 bits per heavy atom. The number of nitrogens with one attached hydrogen (secondary N) is 1. The largest absolute Gasteiger partial charge is 0.353 e. The van der Waals surface area contributed by atoms with Gasteiger partial charge in [0, 0.05) is 29.7 Å². The van der Waals surface area contributed by atoms with E-state index in [0.29, 0.717) is 22.6 Å². The summed E-state index contributed by atoms with van der Waals surface area (Å²) in [5.41, 5.74) is 4.32. The van der Waals surface area contributed by atoms with Crippen LogP contribution in [-0.2, 0) is 11.3 Å². The molecule has 1 fully saturated rings. The van der Waals surface area contributed by atoms with Gasteiger partial charge in [-0.2, -0.15) is 0 Å². The van der Waals surface area contributed by atoms with Crippen molar-refractivity contribution in [3.8, 4) is 5.69 Å². The molecule has 30 heavy (non-hydrogen) atoms. The fourth-order valence-corrected chi connectivity index (χ4v) is 4.52. The van der Waals surface area contributed by atoms with Crippen molar-refractivity contribution in [2.75, 3.05) is 0 Å². The molecule has 0 atom stereocenters. The highest BCUT2D eigenvalue weighted by Gasteiger charge is 2.20. The number of nitrogens with zero attached hydrogens (tertiary/aromatic N) is 3. The molecule has 3 aromatic rings. The van der Waals surface area contributed by atoms with Gasteiger partial charge in [0.05, 0.1) is 17.4 Å². The molecule has 6 nitrogen and oxygen atoms in total. The predicted octanol–water partition coefficient (Wildman–Crippen LogP) is 4.21. The number of aromatic nitrogens is 3. The number of carbonyl (C=O) groups is 1. The maximum atomic E-state index is 13.2. The number of aryl methyl sites for hydroxylation is 3. The Labute approximate surface area is 180 Å². The summed E-state index contributed by atoms with van der Waals surface area (Å²) in [7, 11) is 0. The molecule has 2 heterocycles. The fourth-order valence-electron chi connectivity index (χ4n) is 4.36. The first kappa shape index (κ1) is 20.7. The number of amides is 1. The van der Waals surface area contributed by atoms with Crippen molar-refractivity contribution in [1.82, 2.24) is 19.4 Å². The minimum atomic E-state index is -0.118. The normalized spacial score (nSPS) is 14.5. The van der Waals surface area contributed by atoms with Crippen molar-refractivity contribution in [2.45, 2.75) is 65.5 Å². The quantitative estimate of drug-likeness (QED) is 0.664. The van der Waals surface area contributed by atoms with E-state index in [1.54, 1.807) is 6.33 Å². The van der Waals surface area contributed by atoms with Gasteiger partial charge in [0.1, 0.15) is 0 Å². The van der Waals surface area contributed by atoms with Crippen LogP contribution in [0.5, 0.6) is 0 Å². The summed E-state index contributed by atoms with van der Waals surface area (Å²) in [6, 6.07) is 5.99. The van der Waals surface area contributed by atoms with Crippen molar-refractivity contribution >= 4 is 28.5 Å². The number of carbonyl (C=O) groups excluding carboxylic acids is 1. The lowest BCUT2D eigenvalue weighted by Gasteiger charge is -2.13. The van der Waals surface area contributed by atoms with Gasteiger partial charge in [0.2, 0.25) is 5.91 Å². The van der Waals surface area contributed by atoms with Crippen molar-refractivity contribution in [3.63, 3.8) is 0 Å². The Hall–Kier alpha value is -2.60. The summed E-state index contributed by atoms with van der Waals surface area (Å²) < 4.78 is 3.53. The molecular weight excluding hydrogens is 400 g/mol. The van der Waals surface area contributed by atoms with Crippen LogP contribution in [0.4, 0.5) is 0 Å². The number of hydrogen-bond donors (Lipinski definition) is 1. The fraction of sp³-hybridized carbons (Fsp3) is 0.435. The molecule has 2 aromatic heterocycles. The third-order valence-corrected chi connectivity index (χ3v) is 6.43. The van der Waals surface area contributed by atoms with Crippen LogP contribution in [0.3, 0.4) is 0 Å². The molecule has 1 amide bonds. The van der Waals surface area contributed by atoms with Crippen LogP contribution in [0.2, 0.25) is 5.02 Å². The number of hydrogen-bond acceptors (Lipinski definition) is 3. The smallest absolute Gasteiger partial charge is 0.263 e. The van der Waals surface area contributed by atoms with Gasteiger partial charge in [-0.25, -0.2) is 4.98 Å². The zero-order chi connectivity index (χ0) is 21.4. The predicted molar refractivity (Wildman–Crippen MR) is 120 cm³/mol. The zero-order valence-corrected chi connectivity index (χ0v) is 18.4. The molecule has 1 N–H and O–H groups in total. The van der Waals surface area contributed by atoms with Crippen LogP contribution < -0.4 is 10.9 Å². The van der Waals surface area contributed by atoms with Gasteiger partial charge in [-0.05, 0) is 56.9 Å². The Morgan fingerprint density at radius 3 is 2.70 bits per heavy atom. The molecule has 4 rings (SSSR count). The Kier molecular flexibility index (Phi) is 5.69. The summed E-state index contributed by atoms with van der Waals surface area (Å²) in [5.74, 6) is -0.00563. The monoisotopic (exact) mass is 426 g/mol. The van der Waals surface area contributed by atoms with E-state index in [1.807, 2.05) is 43.5 Å². The highest BCUT2D eigenvalue weighted by Crippen LogP contribution is 2.28. The van der Waals surface area contributed by atoms with Crippen LogP contribution in [0, 0.1) is 20.8 Å². The maximum absolute atomic E-state index is 13.2. The Bertz CT molecular complexity index is 1170. The van der Waals surface area contributed by atoms with Gasteiger partial charge in [-0.1, -0.05) is 30.5 Å². The number of benzene rings is 1. The van der Waals surface area contributed by atoms with E-state index in [2.05, 4.69) is 10.3 Å². The topological polar surface area (TPSA) is 68.9 Å². The summed E-state index contributed by atoms with van der Waals surface area (Å²) >= 11 is 6.23.